The number of H-pyrrole nitrogens is 1. The number of fused-ring (bicyclic) bond motifs is 3. The zero-order chi connectivity index (χ0) is 37.0. The Morgan fingerprint density at radius 1 is 1.06 bits per heavy atom. The van der Waals surface area contributed by atoms with Gasteiger partial charge in [-0.15, -0.1) is 16.4 Å². The van der Waals surface area contributed by atoms with Crippen molar-refractivity contribution in [2.45, 2.75) is 56.5 Å². The summed E-state index contributed by atoms with van der Waals surface area (Å²) in [5.74, 6) is -1.11. The molecule has 1 atom stereocenters. The number of carbonyl (C=O) groups is 1. The first kappa shape index (κ1) is 33.0. The number of hydrogen-bond donors (Lipinski definition) is 2. The van der Waals surface area contributed by atoms with Gasteiger partial charge in [0.05, 0.1) is 45.9 Å². The highest BCUT2D eigenvalue weighted by molar-refractivity contribution is 7.23. The van der Waals surface area contributed by atoms with Gasteiger partial charge >= 0.3 is 5.76 Å². The number of nitrogens with zero attached hydrogens (tertiary/aromatic N) is 4. The first-order valence-electron chi connectivity index (χ1n) is 17.7. The van der Waals surface area contributed by atoms with Crippen LogP contribution in [0.25, 0.3) is 32.0 Å². The third kappa shape index (κ3) is 4.86. The van der Waals surface area contributed by atoms with Crippen molar-refractivity contribution in [3.8, 4) is 27.6 Å². The summed E-state index contributed by atoms with van der Waals surface area (Å²) in [7, 11) is 1.41. The number of aromatic nitrogens is 4. The molecular formula is C39H30F4N6O4S. The maximum absolute atomic E-state index is 14.6. The van der Waals surface area contributed by atoms with Crippen LogP contribution < -0.4 is 15.8 Å². The molecule has 11 rings (SSSR count). The van der Waals surface area contributed by atoms with E-state index in [1.54, 1.807) is 24.3 Å². The molecule has 54 heavy (non-hydrogen) atoms. The third-order valence-electron chi connectivity index (χ3n) is 11.4. The highest BCUT2D eigenvalue weighted by atomic mass is 32.1. The molecule has 2 aliphatic carbocycles. The molecule has 1 spiro atoms. The quantitative estimate of drug-likeness (QED) is 0.143. The molecule has 7 heterocycles. The summed E-state index contributed by atoms with van der Waals surface area (Å²) in [6, 6.07) is 11.9. The number of pyridine rings is 2. The average molecular weight is 755 g/mol. The molecule has 15 heteroatoms. The molecule has 4 aromatic heterocycles. The summed E-state index contributed by atoms with van der Waals surface area (Å²) < 4.78 is 68.7. The second kappa shape index (κ2) is 12.0. The number of aromatic amines is 1. The lowest BCUT2D eigenvalue weighted by Gasteiger charge is -2.37. The average Bonchev–Trinajstić information content (AvgIpc) is 3.99. The van der Waals surface area contributed by atoms with Crippen LogP contribution in [0.1, 0.15) is 75.9 Å². The minimum absolute atomic E-state index is 0.0609. The fourth-order valence-electron chi connectivity index (χ4n) is 9.08. The molecule has 274 valence electrons. The number of ether oxygens (including phenoxy) is 1. The van der Waals surface area contributed by atoms with Crippen molar-refractivity contribution in [1.29, 1.82) is 0 Å². The second-order valence-corrected chi connectivity index (χ2v) is 15.5. The molecule has 2 saturated heterocycles. The number of rotatable bonds is 9. The van der Waals surface area contributed by atoms with Crippen LogP contribution in [0.15, 0.2) is 57.7 Å². The number of thiophene rings is 1. The number of benzene rings is 2. The van der Waals surface area contributed by atoms with Crippen LogP contribution in [0, 0.1) is 17.6 Å². The van der Waals surface area contributed by atoms with Gasteiger partial charge in [0, 0.05) is 22.5 Å². The number of amides is 1. The van der Waals surface area contributed by atoms with Crippen LogP contribution in [-0.4, -0.2) is 44.6 Å². The lowest BCUT2D eigenvalue weighted by atomic mass is 9.71. The van der Waals surface area contributed by atoms with Gasteiger partial charge in [-0.2, -0.15) is 0 Å². The number of halogens is 4. The molecule has 2 N–H and O–H groups in total. The van der Waals surface area contributed by atoms with Crippen LogP contribution >= 0.6 is 11.3 Å². The number of anilines is 1. The number of alkyl halides is 2. The van der Waals surface area contributed by atoms with E-state index in [-0.39, 0.29) is 35.2 Å². The standard InChI is InChI=1S/C39H30F4N6O4S/c1-52-31-22-8-11-24(21(22)7-9-23(31)41)45-35-32-19(12-26(46-35)34(42)43)13-27(54-32)29-28(36-47-48-38(51)53-36)25(10-4-17-2-5-20(40)6-3-17)44-33-30(29)37(50)49-16-18-14-39(33,49)15-18/h2-3,5-7,9,12-13,18,24,34H,4,8,10-11,14-16H2,1H3,(H,45,46)(H,48,51). The molecule has 2 bridgehead atoms. The van der Waals surface area contributed by atoms with E-state index in [0.717, 1.165) is 24.0 Å². The van der Waals surface area contributed by atoms with Gasteiger partial charge in [0.2, 0.25) is 0 Å². The number of methoxy groups -OCH3 is 1. The van der Waals surface area contributed by atoms with E-state index >= 15 is 0 Å². The Bertz CT molecular complexity index is 2600. The highest BCUT2D eigenvalue weighted by Gasteiger charge is 2.65. The topological polar surface area (TPSA) is 126 Å². The van der Waals surface area contributed by atoms with E-state index in [9.17, 15) is 27.2 Å². The molecule has 5 aliphatic rings. The summed E-state index contributed by atoms with van der Waals surface area (Å²) >= 11 is 1.27. The van der Waals surface area contributed by atoms with Crippen molar-refractivity contribution in [2.24, 2.45) is 5.92 Å². The molecule has 1 saturated carbocycles. The van der Waals surface area contributed by atoms with E-state index in [1.165, 1.54) is 42.7 Å². The van der Waals surface area contributed by atoms with Crippen LogP contribution in [0.2, 0.25) is 0 Å². The van der Waals surface area contributed by atoms with Gasteiger partial charge in [-0.1, -0.05) is 18.2 Å². The van der Waals surface area contributed by atoms with Gasteiger partial charge in [0.15, 0.2) is 11.6 Å². The van der Waals surface area contributed by atoms with Gasteiger partial charge in [0.1, 0.15) is 17.3 Å². The maximum Gasteiger partial charge on any atom is 0.434 e. The summed E-state index contributed by atoms with van der Waals surface area (Å²) in [6.07, 6.45) is 0.564. The summed E-state index contributed by atoms with van der Waals surface area (Å²) in [6.45, 7) is 0.603. The lowest BCUT2D eigenvalue weighted by molar-refractivity contribution is 0.0637. The van der Waals surface area contributed by atoms with Gasteiger partial charge in [-0.25, -0.2) is 32.4 Å². The fourth-order valence-corrected chi connectivity index (χ4v) is 10.2. The Balaban J connectivity index is 1.17. The van der Waals surface area contributed by atoms with Crippen LogP contribution in [0.4, 0.5) is 23.4 Å². The zero-order valence-corrected chi connectivity index (χ0v) is 29.5. The monoisotopic (exact) mass is 754 g/mol. The zero-order valence-electron chi connectivity index (χ0n) is 28.6. The van der Waals surface area contributed by atoms with Crippen molar-refractivity contribution >= 4 is 33.1 Å². The van der Waals surface area contributed by atoms with Gasteiger partial charge in [-0.05, 0) is 91.3 Å². The van der Waals surface area contributed by atoms with Crippen LogP contribution in [0.5, 0.6) is 5.75 Å². The van der Waals surface area contributed by atoms with Gasteiger partial charge < -0.3 is 19.4 Å². The van der Waals surface area contributed by atoms with Crippen LogP contribution in [0.3, 0.4) is 0 Å². The van der Waals surface area contributed by atoms with E-state index in [2.05, 4.69) is 20.5 Å². The normalized spacial score (nSPS) is 20.8. The molecular weight excluding hydrogens is 725 g/mol. The Morgan fingerprint density at radius 2 is 1.87 bits per heavy atom. The Kier molecular flexibility index (Phi) is 7.32. The molecule has 0 radical (unpaired) electrons. The minimum atomic E-state index is -2.88. The smallest absolute Gasteiger partial charge is 0.434 e. The highest BCUT2D eigenvalue weighted by Crippen LogP contribution is 2.63. The van der Waals surface area contributed by atoms with E-state index in [1.807, 2.05) is 4.90 Å². The third-order valence-corrected chi connectivity index (χ3v) is 12.6. The van der Waals surface area contributed by atoms with Crippen molar-refractivity contribution in [3.05, 3.63) is 110 Å². The first-order valence-corrected chi connectivity index (χ1v) is 18.5. The Hall–Kier alpha value is -5.57. The fraction of sp³-hybridized carbons (Fsp3) is 0.308. The van der Waals surface area contributed by atoms with E-state index in [0.29, 0.717) is 86.8 Å². The van der Waals surface area contributed by atoms with Crippen molar-refractivity contribution in [3.63, 3.8) is 0 Å². The molecule has 6 aromatic rings. The molecule has 10 nitrogen and oxygen atoms in total. The Morgan fingerprint density at radius 3 is 2.61 bits per heavy atom. The maximum atomic E-state index is 14.6. The lowest BCUT2D eigenvalue weighted by Crippen LogP contribution is -2.40. The predicted molar refractivity (Wildman–Crippen MR) is 191 cm³/mol. The summed E-state index contributed by atoms with van der Waals surface area (Å²) in [5, 5.41) is 10.4. The largest absolute Gasteiger partial charge is 0.493 e. The molecule has 3 aliphatic heterocycles. The molecule has 1 amide bonds. The predicted octanol–water partition coefficient (Wildman–Crippen LogP) is 7.89. The van der Waals surface area contributed by atoms with Crippen LogP contribution in [-0.2, 0) is 24.8 Å². The number of nitrogens with one attached hydrogen (secondary N) is 2. The SMILES string of the molecule is COc1c(F)ccc2c1CCC2Nc1nc(C(F)F)cc2cc(-c3c4c(nc(CCc5ccc(F)cc5)c3-c3n[nH]c(=O)o3)C35CC(CN3C4=O)C5)sc12. The molecule has 1 unspecified atom stereocenters. The minimum Gasteiger partial charge on any atom is -0.493 e. The van der Waals surface area contributed by atoms with Gasteiger partial charge in [0.25, 0.3) is 18.2 Å². The van der Waals surface area contributed by atoms with E-state index < -0.39 is 29.2 Å². The van der Waals surface area contributed by atoms with E-state index in [4.69, 9.17) is 14.1 Å². The second-order valence-electron chi connectivity index (χ2n) is 14.4. The van der Waals surface area contributed by atoms with Gasteiger partial charge in [-0.3, -0.25) is 9.78 Å². The summed E-state index contributed by atoms with van der Waals surface area (Å²) in [5.41, 5.74) is 3.74. The number of aryl methyl sites for hydroxylation is 2. The number of hydrogen-bond acceptors (Lipinski definition) is 9. The summed E-state index contributed by atoms with van der Waals surface area (Å²) in [4.78, 5) is 38.8. The number of carbonyl (C=O) groups excluding carboxylic acids is 1. The van der Waals surface area contributed by atoms with Crippen molar-refractivity contribution < 1.29 is 31.5 Å². The van der Waals surface area contributed by atoms with Crippen molar-refractivity contribution in [2.75, 3.05) is 19.0 Å². The first-order chi connectivity index (χ1) is 26.1. The van der Waals surface area contributed by atoms with Crippen molar-refractivity contribution in [1.82, 2.24) is 25.1 Å². The molecule has 3 fully saturated rings. The Labute approximate surface area is 308 Å². The molecule has 2 aromatic carbocycles.